The van der Waals surface area contributed by atoms with Crippen molar-refractivity contribution >= 4 is 23.1 Å². The molecule has 0 aliphatic carbocycles. The van der Waals surface area contributed by atoms with Gasteiger partial charge in [-0.3, -0.25) is 4.79 Å². The average molecular weight is 268 g/mol. The normalized spacial score (nSPS) is 28.9. The van der Waals surface area contributed by atoms with Crippen LogP contribution in [0.1, 0.15) is 26.3 Å². The van der Waals surface area contributed by atoms with E-state index >= 15 is 0 Å². The molecule has 0 aromatic heterocycles. The molecule has 96 valence electrons. The molecule has 1 aromatic rings. The van der Waals surface area contributed by atoms with E-state index in [4.69, 9.17) is 21.5 Å². The van der Waals surface area contributed by atoms with Gasteiger partial charge in [-0.15, -0.1) is 0 Å². The number of halogens is 1. The molecular weight excluding hydrogens is 254 g/mol. The van der Waals surface area contributed by atoms with Crippen LogP contribution in [0.2, 0.25) is 5.02 Å². The van der Waals surface area contributed by atoms with Gasteiger partial charge in [0.15, 0.2) is 5.71 Å². The summed E-state index contributed by atoms with van der Waals surface area (Å²) in [6.07, 6.45) is 0. The van der Waals surface area contributed by atoms with Crippen molar-refractivity contribution in [2.75, 3.05) is 0 Å². The van der Waals surface area contributed by atoms with E-state index in [0.29, 0.717) is 5.02 Å². The maximum atomic E-state index is 12.1. The molecule has 0 radical (unpaired) electrons. The summed E-state index contributed by atoms with van der Waals surface area (Å²) in [5.41, 5.74) is -1.33. The number of ketones is 1. The number of ether oxygens (including phenoxy) is 1. The Kier molecular flexibility index (Phi) is 2.95. The molecule has 0 spiro atoms. The van der Waals surface area contributed by atoms with Gasteiger partial charge in [0.05, 0.1) is 0 Å². The standard InChI is InChI=1S/C13H14ClNO3/c1-12(2)11(16)10(15-17)13(3,18-12)8-4-6-9(14)7-5-8/h4-7,17H,1-3H3. The number of oxime groups is 1. The van der Waals surface area contributed by atoms with Crippen molar-refractivity contribution in [3.63, 3.8) is 0 Å². The molecule has 2 rings (SSSR count). The van der Waals surface area contributed by atoms with Crippen LogP contribution in [0, 0.1) is 0 Å². The maximum Gasteiger partial charge on any atom is 0.214 e. The lowest BCUT2D eigenvalue weighted by Crippen LogP contribution is -2.31. The highest BCUT2D eigenvalue weighted by molar-refractivity contribution is 6.46. The van der Waals surface area contributed by atoms with Gasteiger partial charge in [0.2, 0.25) is 5.78 Å². The van der Waals surface area contributed by atoms with Crippen molar-refractivity contribution in [3.05, 3.63) is 34.9 Å². The lowest BCUT2D eigenvalue weighted by atomic mass is 9.89. The Morgan fingerprint density at radius 1 is 1.22 bits per heavy atom. The zero-order valence-corrected chi connectivity index (χ0v) is 11.2. The molecule has 1 saturated heterocycles. The molecule has 1 aliphatic rings. The Balaban J connectivity index is 2.54. The number of hydrogen-bond acceptors (Lipinski definition) is 4. The minimum atomic E-state index is -1.06. The van der Waals surface area contributed by atoms with Crippen LogP contribution in [0.3, 0.4) is 0 Å². The van der Waals surface area contributed by atoms with Crippen molar-refractivity contribution in [1.82, 2.24) is 0 Å². The summed E-state index contributed by atoms with van der Waals surface area (Å²) < 4.78 is 5.79. The van der Waals surface area contributed by atoms with Crippen LogP contribution in [0.15, 0.2) is 29.4 Å². The first kappa shape index (κ1) is 13.1. The lowest BCUT2D eigenvalue weighted by Gasteiger charge is -2.26. The molecule has 1 N–H and O–H groups in total. The van der Waals surface area contributed by atoms with Crippen LogP contribution in [0.25, 0.3) is 0 Å². The van der Waals surface area contributed by atoms with Crippen molar-refractivity contribution < 1.29 is 14.7 Å². The second kappa shape index (κ2) is 4.07. The number of hydrogen-bond donors (Lipinski definition) is 1. The number of nitrogens with zero attached hydrogens (tertiary/aromatic N) is 1. The van der Waals surface area contributed by atoms with Crippen molar-refractivity contribution in [3.8, 4) is 0 Å². The molecule has 4 nitrogen and oxygen atoms in total. The van der Waals surface area contributed by atoms with Crippen LogP contribution >= 0.6 is 11.6 Å². The summed E-state index contributed by atoms with van der Waals surface area (Å²) in [7, 11) is 0. The van der Waals surface area contributed by atoms with E-state index in [1.807, 2.05) is 0 Å². The highest BCUT2D eigenvalue weighted by Gasteiger charge is 2.55. The molecule has 0 saturated carbocycles. The fraction of sp³-hybridized carbons (Fsp3) is 0.385. The predicted molar refractivity (Wildman–Crippen MR) is 68.2 cm³/mol. The van der Waals surface area contributed by atoms with Gasteiger partial charge in [-0.25, -0.2) is 0 Å². The summed E-state index contributed by atoms with van der Waals surface area (Å²) in [4.78, 5) is 12.1. The van der Waals surface area contributed by atoms with Gasteiger partial charge in [-0.05, 0) is 38.5 Å². The Bertz CT molecular complexity index is 522. The van der Waals surface area contributed by atoms with Crippen molar-refractivity contribution in [2.45, 2.75) is 32.0 Å². The number of benzene rings is 1. The van der Waals surface area contributed by atoms with E-state index in [2.05, 4.69) is 5.16 Å². The van der Waals surface area contributed by atoms with Gasteiger partial charge in [-0.2, -0.15) is 0 Å². The third-order valence-electron chi connectivity index (χ3n) is 3.17. The molecule has 5 heteroatoms. The van der Waals surface area contributed by atoms with E-state index in [1.54, 1.807) is 45.0 Å². The second-order valence-corrected chi connectivity index (χ2v) is 5.37. The Morgan fingerprint density at radius 2 is 1.78 bits per heavy atom. The molecule has 1 heterocycles. The first-order valence-corrected chi connectivity index (χ1v) is 5.92. The molecule has 1 aromatic carbocycles. The average Bonchev–Trinajstić information content (AvgIpc) is 2.47. The van der Waals surface area contributed by atoms with Gasteiger partial charge >= 0.3 is 0 Å². The highest BCUT2D eigenvalue weighted by Crippen LogP contribution is 2.40. The summed E-state index contributed by atoms with van der Waals surface area (Å²) >= 11 is 5.83. The molecule has 0 bridgehead atoms. The fourth-order valence-corrected chi connectivity index (χ4v) is 2.34. The second-order valence-electron chi connectivity index (χ2n) is 4.93. The Labute approximate surface area is 110 Å². The van der Waals surface area contributed by atoms with Crippen LogP contribution in [-0.4, -0.2) is 22.3 Å². The van der Waals surface area contributed by atoms with Crippen LogP contribution in [-0.2, 0) is 15.1 Å². The van der Waals surface area contributed by atoms with Gasteiger partial charge in [0.1, 0.15) is 11.2 Å². The molecule has 0 amide bonds. The largest absolute Gasteiger partial charge is 0.410 e. The van der Waals surface area contributed by atoms with E-state index in [-0.39, 0.29) is 11.5 Å². The van der Waals surface area contributed by atoms with E-state index in [1.165, 1.54) is 0 Å². The highest BCUT2D eigenvalue weighted by atomic mass is 35.5. The Hall–Kier alpha value is -1.39. The van der Waals surface area contributed by atoms with Gasteiger partial charge in [0, 0.05) is 5.02 Å². The van der Waals surface area contributed by atoms with Crippen molar-refractivity contribution in [1.29, 1.82) is 0 Å². The molecule has 1 unspecified atom stereocenters. The number of Topliss-reactive ketones (excluding diaryl/α,β-unsaturated/α-hetero) is 1. The minimum absolute atomic E-state index is 0.00909. The smallest absolute Gasteiger partial charge is 0.214 e. The fourth-order valence-electron chi connectivity index (χ4n) is 2.21. The quantitative estimate of drug-likeness (QED) is 0.629. The maximum absolute atomic E-state index is 12.1. The first-order chi connectivity index (χ1) is 8.31. The molecule has 1 aliphatic heterocycles. The predicted octanol–water partition coefficient (Wildman–Crippen LogP) is 2.76. The summed E-state index contributed by atoms with van der Waals surface area (Å²) in [5, 5.41) is 12.8. The van der Waals surface area contributed by atoms with Crippen LogP contribution < -0.4 is 0 Å². The van der Waals surface area contributed by atoms with Crippen molar-refractivity contribution in [2.24, 2.45) is 5.16 Å². The zero-order valence-electron chi connectivity index (χ0n) is 10.4. The third kappa shape index (κ3) is 1.82. The van der Waals surface area contributed by atoms with Gasteiger partial charge < -0.3 is 9.94 Å². The number of rotatable bonds is 1. The molecule has 18 heavy (non-hydrogen) atoms. The third-order valence-corrected chi connectivity index (χ3v) is 3.42. The van der Waals surface area contributed by atoms with Gasteiger partial charge in [0.25, 0.3) is 0 Å². The molecular formula is C13H14ClNO3. The Morgan fingerprint density at radius 3 is 2.28 bits per heavy atom. The van der Waals surface area contributed by atoms with Crippen LogP contribution in [0.4, 0.5) is 0 Å². The van der Waals surface area contributed by atoms with Crippen LogP contribution in [0.5, 0.6) is 0 Å². The molecule has 1 atom stereocenters. The minimum Gasteiger partial charge on any atom is -0.410 e. The molecule has 1 fully saturated rings. The first-order valence-electron chi connectivity index (χ1n) is 5.55. The summed E-state index contributed by atoms with van der Waals surface area (Å²) in [5.74, 6) is -0.317. The van der Waals surface area contributed by atoms with E-state index < -0.39 is 11.2 Å². The zero-order chi connectivity index (χ0) is 13.6. The summed E-state index contributed by atoms with van der Waals surface area (Å²) in [6, 6.07) is 6.91. The van der Waals surface area contributed by atoms with E-state index in [0.717, 1.165) is 5.56 Å². The lowest BCUT2D eigenvalue weighted by molar-refractivity contribution is -0.133. The summed E-state index contributed by atoms with van der Waals surface area (Å²) in [6.45, 7) is 5.02. The number of carbonyl (C=O) groups is 1. The SMILES string of the molecule is CC1(C)OC(C)(c2ccc(Cl)cc2)C(=NO)C1=O. The number of carbonyl (C=O) groups excluding carboxylic acids is 1. The monoisotopic (exact) mass is 267 g/mol. The van der Waals surface area contributed by atoms with E-state index in [9.17, 15) is 4.79 Å². The van der Waals surface area contributed by atoms with Gasteiger partial charge in [-0.1, -0.05) is 28.9 Å². The topological polar surface area (TPSA) is 58.9 Å².